The van der Waals surface area contributed by atoms with Crippen LogP contribution in [0.4, 0.5) is 8.78 Å². The molecule has 0 aliphatic carbocycles. The Morgan fingerprint density at radius 3 is 2.52 bits per heavy atom. The van der Waals surface area contributed by atoms with Crippen LogP contribution in [0.1, 0.15) is 77.9 Å². The summed E-state index contributed by atoms with van der Waals surface area (Å²) in [5.41, 5.74) is 2.17. The van der Waals surface area contributed by atoms with Gasteiger partial charge in [-0.3, -0.25) is 24.0 Å². The molecule has 0 bridgehead atoms. The number of benzene rings is 3. The maximum Gasteiger partial charge on any atom is 0.315 e. The SMILES string of the molecule is Cn1cc(C[C@H](C(=O)NC(C)(C)C(C(=O)OCCN2CCOCC2)c2ccc(F)cc2)N2CCc3c(-c4cc5cnn(C6CCCCO6)c5cc4C#N)ccc(F)c3C2=O)cn1. The van der Waals surface area contributed by atoms with Gasteiger partial charge in [0.25, 0.3) is 5.91 Å². The molecule has 2 saturated heterocycles. The van der Waals surface area contributed by atoms with Gasteiger partial charge in [-0.2, -0.15) is 15.5 Å². The summed E-state index contributed by atoms with van der Waals surface area (Å²) in [6.45, 7) is 7.23. The summed E-state index contributed by atoms with van der Waals surface area (Å²) in [4.78, 5) is 46.9. The predicted molar refractivity (Wildman–Crippen MR) is 224 cm³/mol. The molecule has 14 nitrogen and oxygen atoms in total. The van der Waals surface area contributed by atoms with E-state index in [-0.39, 0.29) is 37.8 Å². The highest BCUT2D eigenvalue weighted by atomic mass is 19.1. The van der Waals surface area contributed by atoms with Gasteiger partial charge in [0.2, 0.25) is 5.91 Å². The molecule has 8 rings (SSSR count). The van der Waals surface area contributed by atoms with E-state index in [9.17, 15) is 24.0 Å². The van der Waals surface area contributed by atoms with Crippen molar-refractivity contribution >= 4 is 28.7 Å². The second-order valence-electron chi connectivity index (χ2n) is 16.7. The molecule has 3 aromatic carbocycles. The third-order valence-electron chi connectivity index (χ3n) is 12.1. The van der Waals surface area contributed by atoms with E-state index in [1.54, 1.807) is 61.0 Å². The number of aromatic nitrogens is 4. The lowest BCUT2D eigenvalue weighted by Crippen LogP contribution is -2.59. The van der Waals surface area contributed by atoms with E-state index >= 15 is 4.39 Å². The Morgan fingerprint density at radius 2 is 1.81 bits per heavy atom. The fraction of sp³-hybridized carbons (Fsp3) is 0.435. The highest BCUT2D eigenvalue weighted by Gasteiger charge is 2.43. The van der Waals surface area contributed by atoms with Gasteiger partial charge < -0.3 is 24.4 Å². The third kappa shape index (κ3) is 8.83. The highest BCUT2D eigenvalue weighted by Crippen LogP contribution is 2.38. The highest BCUT2D eigenvalue weighted by molar-refractivity contribution is 6.02. The van der Waals surface area contributed by atoms with E-state index in [1.807, 2.05) is 6.07 Å². The lowest BCUT2D eigenvalue weighted by atomic mass is 9.81. The van der Waals surface area contributed by atoms with Crippen LogP contribution in [0.2, 0.25) is 0 Å². The zero-order valence-electron chi connectivity index (χ0n) is 35.1. The number of halogens is 2. The normalized spacial score (nSPS) is 18.2. The lowest BCUT2D eigenvalue weighted by molar-refractivity contribution is -0.148. The quantitative estimate of drug-likeness (QED) is 0.151. The molecule has 2 aromatic heterocycles. The minimum atomic E-state index is -1.32. The number of rotatable bonds is 13. The van der Waals surface area contributed by atoms with Gasteiger partial charge in [-0.25, -0.2) is 13.5 Å². The number of carbonyl (C=O) groups is 3. The number of hydrogen-bond acceptors (Lipinski definition) is 10. The maximum atomic E-state index is 16.1. The molecule has 5 heterocycles. The van der Waals surface area contributed by atoms with Gasteiger partial charge in [0.05, 0.1) is 53.9 Å². The van der Waals surface area contributed by atoms with E-state index in [4.69, 9.17) is 14.2 Å². The Hall–Kier alpha value is -6.02. The topological polar surface area (TPSA) is 157 Å². The van der Waals surface area contributed by atoms with Crippen LogP contribution in [0.15, 0.2) is 67.1 Å². The first kappa shape index (κ1) is 42.7. The zero-order valence-corrected chi connectivity index (χ0v) is 35.1. The number of ether oxygens (including phenoxy) is 3. The van der Waals surface area contributed by atoms with Gasteiger partial charge in [-0.15, -0.1) is 0 Å². The fourth-order valence-electron chi connectivity index (χ4n) is 9.00. The molecule has 2 amide bonds. The van der Waals surface area contributed by atoms with E-state index < -0.39 is 46.9 Å². The predicted octanol–water partition coefficient (Wildman–Crippen LogP) is 5.45. The summed E-state index contributed by atoms with van der Waals surface area (Å²) in [5.74, 6) is -4.19. The lowest BCUT2D eigenvalue weighted by Gasteiger charge is -2.39. The van der Waals surface area contributed by atoms with E-state index in [2.05, 4.69) is 26.5 Å². The van der Waals surface area contributed by atoms with Crippen LogP contribution in [0.3, 0.4) is 0 Å². The summed E-state index contributed by atoms with van der Waals surface area (Å²) in [6.07, 6.45) is 7.82. The Morgan fingerprint density at radius 1 is 1.02 bits per heavy atom. The van der Waals surface area contributed by atoms with Crippen molar-refractivity contribution in [2.45, 2.75) is 69.7 Å². The second kappa shape index (κ2) is 18.1. The average molecular weight is 849 g/mol. The molecule has 3 aliphatic rings. The monoisotopic (exact) mass is 848 g/mol. The number of fused-ring (bicyclic) bond motifs is 2. The molecule has 62 heavy (non-hydrogen) atoms. The number of hydrogen-bond donors (Lipinski definition) is 1. The maximum absolute atomic E-state index is 16.1. The largest absolute Gasteiger partial charge is 0.464 e. The standard InChI is InChI=1S/C46H50F2N8O6/c1-46(2,42(30-7-9-33(47)10-8-30)45(59)62-21-17-54-15-19-60-20-16-54)52-43(57)39(22-29-26-50-53(3)28-29)55-14-13-35-34(11-12-37(48)41(35)44(55)58)36-23-32-27-51-56(38(32)24-31(36)25-49)40-6-4-5-18-61-40/h7-12,23-24,26-28,39-40,42H,4-6,13-22H2,1-3H3,(H,52,57)/t39-,40?,42?/m1/s1. The first-order valence-corrected chi connectivity index (χ1v) is 21.1. The van der Waals surface area contributed by atoms with Gasteiger partial charge in [-0.05, 0) is 92.1 Å². The van der Waals surface area contributed by atoms with Crippen LogP contribution < -0.4 is 5.32 Å². The molecular weight excluding hydrogens is 799 g/mol. The van der Waals surface area contributed by atoms with Crippen LogP contribution in [-0.2, 0) is 43.7 Å². The summed E-state index contributed by atoms with van der Waals surface area (Å²) in [5, 5.41) is 23.1. The van der Waals surface area contributed by atoms with E-state index in [0.29, 0.717) is 72.8 Å². The van der Waals surface area contributed by atoms with Crippen LogP contribution in [0.25, 0.3) is 22.0 Å². The molecule has 2 unspecified atom stereocenters. The molecule has 3 aliphatic heterocycles. The minimum absolute atomic E-state index is 0.0350. The van der Waals surface area contributed by atoms with Crippen molar-refractivity contribution in [1.82, 2.24) is 34.7 Å². The summed E-state index contributed by atoms with van der Waals surface area (Å²) >= 11 is 0. The van der Waals surface area contributed by atoms with Crippen molar-refractivity contribution in [1.29, 1.82) is 5.26 Å². The summed E-state index contributed by atoms with van der Waals surface area (Å²) in [7, 11) is 1.74. The zero-order chi connectivity index (χ0) is 43.5. The number of nitriles is 1. The molecule has 5 aromatic rings. The van der Waals surface area contributed by atoms with Gasteiger partial charge in [0.1, 0.15) is 30.2 Å². The Balaban J connectivity index is 1.09. The molecule has 0 spiro atoms. The van der Waals surface area contributed by atoms with Crippen molar-refractivity contribution < 1.29 is 37.4 Å². The smallest absolute Gasteiger partial charge is 0.315 e. The molecule has 2 fully saturated rings. The van der Waals surface area contributed by atoms with Gasteiger partial charge in [0, 0.05) is 63.4 Å². The van der Waals surface area contributed by atoms with Crippen LogP contribution in [0, 0.1) is 23.0 Å². The number of aryl methyl sites for hydroxylation is 1. The molecule has 1 N–H and O–H groups in total. The molecule has 324 valence electrons. The average Bonchev–Trinajstić information content (AvgIpc) is 3.89. The van der Waals surface area contributed by atoms with Crippen molar-refractivity contribution in [2.75, 3.05) is 52.6 Å². The first-order chi connectivity index (χ1) is 29.9. The number of esters is 1. The van der Waals surface area contributed by atoms with Crippen molar-refractivity contribution in [3.63, 3.8) is 0 Å². The third-order valence-corrected chi connectivity index (χ3v) is 12.1. The Labute approximate surface area is 358 Å². The summed E-state index contributed by atoms with van der Waals surface area (Å²) < 4.78 is 50.8. The van der Waals surface area contributed by atoms with Crippen LogP contribution >= 0.6 is 0 Å². The van der Waals surface area contributed by atoms with Gasteiger partial charge >= 0.3 is 5.97 Å². The second-order valence-corrected chi connectivity index (χ2v) is 16.7. The van der Waals surface area contributed by atoms with E-state index in [0.717, 1.165) is 30.2 Å². The fourth-order valence-corrected chi connectivity index (χ4v) is 9.00. The number of morpholine rings is 1. The van der Waals surface area contributed by atoms with Crippen LogP contribution in [0.5, 0.6) is 0 Å². The number of nitrogens with one attached hydrogen (secondary N) is 1. The number of carbonyl (C=O) groups excluding carboxylic acids is 3. The molecule has 16 heteroatoms. The van der Waals surface area contributed by atoms with Crippen LogP contribution in [-0.4, -0.2) is 111 Å². The molecule has 0 saturated carbocycles. The van der Waals surface area contributed by atoms with Crippen molar-refractivity contribution in [3.8, 4) is 17.2 Å². The minimum Gasteiger partial charge on any atom is -0.464 e. The summed E-state index contributed by atoms with van der Waals surface area (Å²) in [6, 6.07) is 13.0. The number of amides is 2. The number of nitrogens with zero attached hydrogens (tertiary/aromatic N) is 7. The Bertz CT molecular complexity index is 2500. The molecular formula is C46H50F2N8O6. The van der Waals surface area contributed by atoms with Crippen molar-refractivity contribution in [2.24, 2.45) is 7.05 Å². The van der Waals surface area contributed by atoms with Crippen molar-refractivity contribution in [3.05, 3.63) is 107 Å². The Kier molecular flexibility index (Phi) is 12.5. The van der Waals surface area contributed by atoms with E-state index in [1.165, 1.54) is 35.2 Å². The van der Waals surface area contributed by atoms with Gasteiger partial charge in [0.15, 0.2) is 6.23 Å². The molecule has 3 atom stereocenters. The first-order valence-electron chi connectivity index (χ1n) is 21.1. The van der Waals surface area contributed by atoms with Gasteiger partial charge in [-0.1, -0.05) is 18.2 Å². The molecule has 0 radical (unpaired) electrons.